The third-order valence-corrected chi connectivity index (χ3v) is 2.08. The van der Waals surface area contributed by atoms with Crippen molar-refractivity contribution < 1.29 is 13.3 Å². The predicted molar refractivity (Wildman–Crippen MR) is 45.0 cm³/mol. The standard InChI is InChI=1S/C6H14N2O3S/c1-12(9,10)8-11-5-6-3-2-4-7-6/h6-8H,2-5H2,1H3. The van der Waals surface area contributed by atoms with Crippen molar-refractivity contribution in [3.63, 3.8) is 0 Å². The lowest BCUT2D eigenvalue weighted by atomic mass is 10.2. The summed E-state index contributed by atoms with van der Waals surface area (Å²) in [6.45, 7) is 1.39. The van der Waals surface area contributed by atoms with Crippen molar-refractivity contribution >= 4 is 10.0 Å². The minimum atomic E-state index is -3.22. The molecule has 1 aliphatic rings. The lowest BCUT2D eigenvalue weighted by Gasteiger charge is -2.09. The van der Waals surface area contributed by atoms with Crippen LogP contribution in [0.15, 0.2) is 0 Å². The lowest BCUT2D eigenvalue weighted by Crippen LogP contribution is -2.32. The van der Waals surface area contributed by atoms with Crippen LogP contribution in [0.3, 0.4) is 0 Å². The quantitative estimate of drug-likeness (QED) is 0.576. The number of sulfonamides is 1. The summed E-state index contributed by atoms with van der Waals surface area (Å²) in [4.78, 5) is 6.76. The monoisotopic (exact) mass is 194 g/mol. The summed E-state index contributed by atoms with van der Waals surface area (Å²) in [6, 6.07) is 0.291. The summed E-state index contributed by atoms with van der Waals surface area (Å²) in [5.41, 5.74) is 0. The maximum atomic E-state index is 10.5. The van der Waals surface area contributed by atoms with Crippen molar-refractivity contribution in [1.29, 1.82) is 0 Å². The molecule has 1 fully saturated rings. The first kappa shape index (κ1) is 9.91. The van der Waals surface area contributed by atoms with E-state index in [9.17, 15) is 8.42 Å². The average molecular weight is 194 g/mol. The van der Waals surface area contributed by atoms with Gasteiger partial charge in [-0.2, -0.15) is 0 Å². The summed E-state index contributed by atoms with van der Waals surface area (Å²) >= 11 is 0. The van der Waals surface area contributed by atoms with Gasteiger partial charge in [0.2, 0.25) is 10.0 Å². The van der Waals surface area contributed by atoms with Crippen LogP contribution in [0.2, 0.25) is 0 Å². The molecule has 0 bridgehead atoms. The van der Waals surface area contributed by atoms with Crippen molar-refractivity contribution in [3.8, 4) is 0 Å². The third-order valence-electron chi connectivity index (χ3n) is 1.66. The van der Waals surface area contributed by atoms with Crippen LogP contribution in [-0.4, -0.2) is 33.9 Å². The van der Waals surface area contributed by atoms with Gasteiger partial charge in [-0.25, -0.2) is 8.42 Å². The molecular weight excluding hydrogens is 180 g/mol. The lowest BCUT2D eigenvalue weighted by molar-refractivity contribution is 0.0783. The summed E-state index contributed by atoms with van der Waals surface area (Å²) in [5, 5.41) is 3.18. The van der Waals surface area contributed by atoms with E-state index in [2.05, 4.69) is 5.32 Å². The van der Waals surface area contributed by atoms with Crippen LogP contribution < -0.4 is 10.2 Å². The van der Waals surface area contributed by atoms with Crippen molar-refractivity contribution in [1.82, 2.24) is 10.2 Å². The van der Waals surface area contributed by atoms with E-state index in [4.69, 9.17) is 4.84 Å². The summed E-state index contributed by atoms with van der Waals surface area (Å²) in [6.07, 6.45) is 3.24. The molecule has 1 heterocycles. The first-order chi connectivity index (χ1) is 5.58. The van der Waals surface area contributed by atoms with Gasteiger partial charge in [0.05, 0.1) is 12.9 Å². The molecule has 1 unspecified atom stereocenters. The van der Waals surface area contributed by atoms with E-state index in [0.717, 1.165) is 25.6 Å². The predicted octanol–water partition coefficient (Wildman–Crippen LogP) is -0.781. The second-order valence-electron chi connectivity index (χ2n) is 2.96. The molecule has 0 spiro atoms. The van der Waals surface area contributed by atoms with Crippen molar-refractivity contribution in [2.75, 3.05) is 19.4 Å². The zero-order valence-corrected chi connectivity index (χ0v) is 7.86. The zero-order chi connectivity index (χ0) is 9.03. The second-order valence-corrected chi connectivity index (χ2v) is 4.67. The normalized spacial score (nSPS) is 24.6. The number of nitrogens with one attached hydrogen (secondary N) is 2. The van der Waals surface area contributed by atoms with E-state index in [1.54, 1.807) is 0 Å². The minimum absolute atomic E-state index is 0.291. The molecule has 0 aliphatic carbocycles. The van der Waals surface area contributed by atoms with E-state index in [1.807, 2.05) is 4.89 Å². The van der Waals surface area contributed by atoms with Gasteiger partial charge in [-0.15, -0.1) is 0 Å². The van der Waals surface area contributed by atoms with Gasteiger partial charge in [-0.3, -0.25) is 4.84 Å². The van der Waals surface area contributed by atoms with Crippen molar-refractivity contribution in [2.45, 2.75) is 18.9 Å². The second kappa shape index (κ2) is 4.18. The highest BCUT2D eigenvalue weighted by Gasteiger charge is 2.14. The molecule has 0 aromatic rings. The Morgan fingerprint density at radius 3 is 2.92 bits per heavy atom. The summed E-state index contributed by atoms with van der Waals surface area (Å²) in [5.74, 6) is 0. The van der Waals surface area contributed by atoms with Gasteiger partial charge < -0.3 is 5.32 Å². The molecule has 72 valence electrons. The highest BCUT2D eigenvalue weighted by Crippen LogP contribution is 2.03. The molecule has 0 radical (unpaired) electrons. The van der Waals surface area contributed by atoms with Crippen molar-refractivity contribution in [2.24, 2.45) is 0 Å². The molecule has 1 aliphatic heterocycles. The van der Waals surface area contributed by atoms with E-state index in [-0.39, 0.29) is 0 Å². The van der Waals surface area contributed by atoms with Crippen LogP contribution in [0.25, 0.3) is 0 Å². The maximum absolute atomic E-state index is 10.5. The van der Waals surface area contributed by atoms with Gasteiger partial charge in [0.25, 0.3) is 0 Å². The van der Waals surface area contributed by atoms with Crippen LogP contribution in [0.4, 0.5) is 0 Å². The van der Waals surface area contributed by atoms with E-state index in [1.165, 1.54) is 0 Å². The van der Waals surface area contributed by atoms with E-state index < -0.39 is 10.0 Å². The fourth-order valence-electron chi connectivity index (χ4n) is 1.14. The maximum Gasteiger partial charge on any atom is 0.230 e. The zero-order valence-electron chi connectivity index (χ0n) is 7.04. The number of rotatable bonds is 4. The fraction of sp³-hybridized carbons (Fsp3) is 1.00. The summed E-state index contributed by atoms with van der Waals surface area (Å²) < 4.78 is 21.1. The Hall–Kier alpha value is -0.170. The molecular formula is C6H14N2O3S. The van der Waals surface area contributed by atoms with Gasteiger partial charge in [0.1, 0.15) is 0 Å². The van der Waals surface area contributed by atoms with Gasteiger partial charge in [0, 0.05) is 6.04 Å². The molecule has 0 amide bonds. The molecule has 1 atom stereocenters. The molecule has 0 aromatic carbocycles. The van der Waals surface area contributed by atoms with Crippen LogP contribution in [0.5, 0.6) is 0 Å². The van der Waals surface area contributed by atoms with Gasteiger partial charge >= 0.3 is 0 Å². The molecule has 0 aromatic heterocycles. The minimum Gasteiger partial charge on any atom is -0.312 e. The molecule has 6 heteroatoms. The van der Waals surface area contributed by atoms with Crippen LogP contribution in [0.1, 0.15) is 12.8 Å². The topological polar surface area (TPSA) is 67.4 Å². The Morgan fingerprint density at radius 2 is 2.42 bits per heavy atom. The Balaban J connectivity index is 2.09. The van der Waals surface area contributed by atoms with Crippen molar-refractivity contribution in [3.05, 3.63) is 0 Å². The molecule has 5 nitrogen and oxygen atoms in total. The first-order valence-corrected chi connectivity index (χ1v) is 5.79. The smallest absolute Gasteiger partial charge is 0.230 e. The van der Waals surface area contributed by atoms with Crippen LogP contribution in [-0.2, 0) is 14.9 Å². The number of hydrogen-bond acceptors (Lipinski definition) is 4. The largest absolute Gasteiger partial charge is 0.312 e. The van der Waals surface area contributed by atoms with Gasteiger partial charge in [-0.1, -0.05) is 4.89 Å². The van der Waals surface area contributed by atoms with Gasteiger partial charge in [-0.05, 0) is 19.4 Å². The fourth-order valence-corrected chi connectivity index (χ4v) is 1.42. The highest BCUT2D eigenvalue weighted by atomic mass is 32.2. The van der Waals surface area contributed by atoms with E-state index in [0.29, 0.717) is 12.6 Å². The Morgan fingerprint density at radius 1 is 1.67 bits per heavy atom. The molecule has 0 saturated carbocycles. The molecule has 2 N–H and O–H groups in total. The average Bonchev–Trinajstić information content (AvgIpc) is 2.36. The Labute approximate surface area is 72.5 Å². The third kappa shape index (κ3) is 4.01. The van der Waals surface area contributed by atoms with E-state index >= 15 is 0 Å². The highest BCUT2D eigenvalue weighted by molar-refractivity contribution is 7.88. The van der Waals surface area contributed by atoms with Crippen LogP contribution in [0, 0.1) is 0 Å². The molecule has 1 rings (SSSR count). The molecule has 1 saturated heterocycles. The Bertz CT molecular complexity index is 221. The van der Waals surface area contributed by atoms with Gasteiger partial charge in [0.15, 0.2) is 0 Å². The summed E-state index contributed by atoms with van der Waals surface area (Å²) in [7, 11) is -3.22. The Kier molecular flexibility index (Phi) is 3.45. The van der Waals surface area contributed by atoms with Crippen LogP contribution >= 0.6 is 0 Å². The first-order valence-electron chi connectivity index (χ1n) is 3.90. The SMILES string of the molecule is CS(=O)(=O)NOCC1CCCN1. The molecule has 12 heavy (non-hydrogen) atoms. The number of hydrogen-bond donors (Lipinski definition) is 2.